The molecule has 61 heavy (non-hydrogen) atoms. The monoisotopic (exact) mass is 860 g/mol. The number of carbonyl (C=O) groups excluding carboxylic acids is 2. The first-order valence-corrected chi connectivity index (χ1v) is 27.1. The van der Waals surface area contributed by atoms with Crippen LogP contribution in [0, 0.1) is 0 Å². The van der Waals surface area contributed by atoms with E-state index in [2.05, 4.69) is 43.5 Å². The van der Waals surface area contributed by atoms with Gasteiger partial charge in [0.15, 0.2) is 0 Å². The Morgan fingerprint density at radius 1 is 0.459 bits per heavy atom. The van der Waals surface area contributed by atoms with Gasteiger partial charge in [0.1, 0.15) is 0 Å². The van der Waals surface area contributed by atoms with Gasteiger partial charge < -0.3 is 20.3 Å². The molecule has 3 N–H and O–H groups in total. The number of esters is 1. The molecule has 0 radical (unpaired) electrons. The molecule has 0 aromatic heterocycles. The molecule has 0 aromatic rings. The van der Waals surface area contributed by atoms with Crippen LogP contribution in [0.1, 0.15) is 290 Å². The number of hydrogen-bond donors (Lipinski definition) is 3. The average Bonchev–Trinajstić information content (AvgIpc) is 3.26. The van der Waals surface area contributed by atoms with Crippen LogP contribution in [0.2, 0.25) is 0 Å². The third kappa shape index (κ3) is 47.7. The molecule has 0 aliphatic carbocycles. The molecule has 0 bridgehead atoms. The van der Waals surface area contributed by atoms with E-state index < -0.39 is 12.1 Å². The normalized spacial score (nSPS) is 12.8. The number of amides is 1. The summed E-state index contributed by atoms with van der Waals surface area (Å²) >= 11 is 0. The lowest BCUT2D eigenvalue weighted by molar-refractivity contribution is -0.143. The quantitative estimate of drug-likeness (QED) is 0.0322. The van der Waals surface area contributed by atoms with E-state index >= 15 is 0 Å². The number of allylic oxidation sites excluding steroid dienone is 4. The number of unbranched alkanes of at least 4 members (excludes halogenated alkanes) is 35. The van der Waals surface area contributed by atoms with Crippen molar-refractivity contribution in [3.63, 3.8) is 0 Å². The van der Waals surface area contributed by atoms with Gasteiger partial charge in [-0.05, 0) is 64.2 Å². The zero-order chi connectivity index (χ0) is 44.4. The highest BCUT2D eigenvalue weighted by Gasteiger charge is 2.20. The minimum absolute atomic E-state index is 0.0114. The van der Waals surface area contributed by atoms with Crippen LogP contribution in [-0.4, -0.2) is 47.4 Å². The maximum Gasteiger partial charge on any atom is 0.305 e. The largest absolute Gasteiger partial charge is 0.466 e. The first-order valence-electron chi connectivity index (χ1n) is 27.1. The lowest BCUT2D eigenvalue weighted by atomic mass is 10.0. The Morgan fingerprint density at radius 3 is 1.25 bits per heavy atom. The molecule has 0 rings (SSSR count). The Labute approximate surface area is 380 Å². The fraction of sp³-hybridized carbons (Fsp3) is 0.891. The van der Waals surface area contributed by atoms with Crippen LogP contribution in [0.5, 0.6) is 0 Å². The fourth-order valence-electron chi connectivity index (χ4n) is 8.32. The van der Waals surface area contributed by atoms with Gasteiger partial charge >= 0.3 is 5.97 Å². The second-order valence-corrected chi connectivity index (χ2v) is 18.6. The van der Waals surface area contributed by atoms with Gasteiger partial charge in [-0.15, -0.1) is 0 Å². The van der Waals surface area contributed by atoms with E-state index in [4.69, 9.17) is 4.74 Å². The number of hydrogen-bond acceptors (Lipinski definition) is 5. The molecule has 0 saturated carbocycles. The van der Waals surface area contributed by atoms with Gasteiger partial charge in [0.2, 0.25) is 5.91 Å². The lowest BCUT2D eigenvalue weighted by Gasteiger charge is -2.22. The van der Waals surface area contributed by atoms with Crippen LogP contribution >= 0.6 is 0 Å². The molecule has 360 valence electrons. The van der Waals surface area contributed by atoms with Crippen molar-refractivity contribution in [2.45, 2.75) is 302 Å². The maximum atomic E-state index is 12.4. The summed E-state index contributed by atoms with van der Waals surface area (Å²) in [5.41, 5.74) is 0. The third-order valence-corrected chi connectivity index (χ3v) is 12.5. The Balaban J connectivity index is 3.45. The van der Waals surface area contributed by atoms with Crippen molar-refractivity contribution in [2.24, 2.45) is 0 Å². The highest BCUT2D eigenvalue weighted by atomic mass is 16.5. The van der Waals surface area contributed by atoms with Crippen molar-refractivity contribution in [3.8, 4) is 0 Å². The lowest BCUT2D eigenvalue weighted by Crippen LogP contribution is -2.45. The molecule has 0 spiro atoms. The number of ether oxygens (including phenoxy) is 1. The first kappa shape index (κ1) is 59.3. The number of aliphatic hydroxyl groups excluding tert-OH is 2. The summed E-state index contributed by atoms with van der Waals surface area (Å²) in [7, 11) is 0. The number of carbonyl (C=O) groups is 2. The smallest absolute Gasteiger partial charge is 0.305 e. The van der Waals surface area contributed by atoms with Crippen LogP contribution in [0.15, 0.2) is 24.3 Å². The van der Waals surface area contributed by atoms with E-state index in [1.54, 1.807) is 0 Å². The second-order valence-electron chi connectivity index (χ2n) is 18.6. The summed E-state index contributed by atoms with van der Waals surface area (Å²) < 4.78 is 5.46. The van der Waals surface area contributed by atoms with E-state index in [0.29, 0.717) is 25.9 Å². The summed E-state index contributed by atoms with van der Waals surface area (Å²) in [5.74, 6) is -0.0649. The Kier molecular flexibility index (Phi) is 49.6. The number of nitrogens with one attached hydrogen (secondary N) is 1. The van der Waals surface area contributed by atoms with Crippen molar-refractivity contribution in [2.75, 3.05) is 13.2 Å². The van der Waals surface area contributed by atoms with Crippen LogP contribution in [0.25, 0.3) is 0 Å². The van der Waals surface area contributed by atoms with E-state index in [0.717, 1.165) is 83.5 Å². The van der Waals surface area contributed by atoms with E-state index in [9.17, 15) is 19.8 Å². The van der Waals surface area contributed by atoms with Crippen molar-refractivity contribution in [1.29, 1.82) is 0 Å². The summed E-state index contributed by atoms with van der Waals surface area (Å²) in [6, 6.07) is -0.551. The van der Waals surface area contributed by atoms with Crippen molar-refractivity contribution < 1.29 is 24.5 Å². The van der Waals surface area contributed by atoms with Gasteiger partial charge in [0, 0.05) is 12.8 Å². The minimum atomic E-state index is -0.672. The molecule has 2 atom stereocenters. The fourth-order valence-corrected chi connectivity index (χ4v) is 8.32. The Morgan fingerprint density at radius 2 is 0.820 bits per heavy atom. The first-order chi connectivity index (χ1) is 30.0. The molecule has 0 heterocycles. The van der Waals surface area contributed by atoms with Crippen molar-refractivity contribution in [1.82, 2.24) is 5.32 Å². The zero-order valence-electron chi connectivity index (χ0n) is 40.9. The predicted molar refractivity (Wildman–Crippen MR) is 264 cm³/mol. The van der Waals surface area contributed by atoms with Gasteiger partial charge in [-0.3, -0.25) is 9.59 Å². The van der Waals surface area contributed by atoms with E-state index in [1.807, 2.05) is 0 Å². The molecule has 0 saturated heterocycles. The van der Waals surface area contributed by atoms with Crippen LogP contribution in [-0.2, 0) is 14.3 Å². The molecule has 6 nitrogen and oxygen atoms in total. The van der Waals surface area contributed by atoms with Gasteiger partial charge in [-0.2, -0.15) is 0 Å². The van der Waals surface area contributed by atoms with Crippen LogP contribution in [0.3, 0.4) is 0 Å². The average molecular weight is 860 g/mol. The highest BCUT2D eigenvalue weighted by Crippen LogP contribution is 2.16. The van der Waals surface area contributed by atoms with Gasteiger partial charge in [-0.25, -0.2) is 0 Å². The summed E-state index contributed by atoms with van der Waals surface area (Å²) in [6.45, 7) is 4.89. The molecule has 1 amide bonds. The second kappa shape index (κ2) is 51.0. The zero-order valence-corrected chi connectivity index (χ0v) is 40.9. The van der Waals surface area contributed by atoms with Crippen LogP contribution < -0.4 is 5.32 Å². The van der Waals surface area contributed by atoms with Crippen molar-refractivity contribution >= 4 is 11.9 Å². The minimum Gasteiger partial charge on any atom is -0.466 e. The van der Waals surface area contributed by atoms with E-state index in [-0.39, 0.29) is 18.5 Å². The molecule has 6 heteroatoms. The Bertz CT molecular complexity index is 951. The molecule has 0 aromatic carbocycles. The van der Waals surface area contributed by atoms with Gasteiger partial charge in [0.05, 0.1) is 25.4 Å². The third-order valence-electron chi connectivity index (χ3n) is 12.5. The molecule has 0 fully saturated rings. The summed E-state index contributed by atoms with van der Waals surface area (Å²) in [5, 5.41) is 23.1. The maximum absolute atomic E-state index is 12.4. The topological polar surface area (TPSA) is 95.9 Å². The SMILES string of the molecule is CCCCCCCCCCCCCCCCCCCCC(=O)OCCCCC/C=C\C/C=C\CCCCCCCCCC(=O)NC(CO)C(O)CCCCCCCCCCC. The summed E-state index contributed by atoms with van der Waals surface area (Å²) in [6.07, 6.45) is 60.3. The highest BCUT2D eigenvalue weighted by molar-refractivity contribution is 5.76. The van der Waals surface area contributed by atoms with Crippen LogP contribution in [0.4, 0.5) is 0 Å². The number of aliphatic hydroxyl groups is 2. The summed E-state index contributed by atoms with van der Waals surface area (Å²) in [4.78, 5) is 24.4. The Hall–Kier alpha value is -1.66. The predicted octanol–water partition coefficient (Wildman–Crippen LogP) is 16.3. The van der Waals surface area contributed by atoms with Gasteiger partial charge in [0.25, 0.3) is 0 Å². The molecule has 0 aliphatic rings. The van der Waals surface area contributed by atoms with Gasteiger partial charge in [-0.1, -0.05) is 237 Å². The van der Waals surface area contributed by atoms with E-state index in [1.165, 1.54) is 173 Å². The standard InChI is InChI=1S/C55H105NO5/c1-3-5-7-9-11-13-14-15-16-17-20-23-26-29-33-37-41-45-49-55(60)61-50-46-42-38-34-30-27-24-21-18-19-22-25-28-32-36-40-44-48-54(59)56-52(51-57)53(58)47-43-39-35-31-12-10-8-6-4-2/h18,21,27,30,52-53,57-58H,3-17,19-20,22-26,28-29,31-51H2,1-2H3,(H,56,59)/b21-18-,30-27-. The number of rotatable bonds is 50. The van der Waals surface area contributed by atoms with Crippen molar-refractivity contribution in [3.05, 3.63) is 24.3 Å². The molecular weight excluding hydrogens is 755 g/mol. The molecular formula is C55H105NO5. The molecule has 2 unspecified atom stereocenters. The molecule has 0 aliphatic heterocycles.